The Hall–Kier alpha value is -2.99. The van der Waals surface area contributed by atoms with Crippen LogP contribution in [0.1, 0.15) is 10.4 Å². The molecule has 0 radical (unpaired) electrons. The van der Waals surface area contributed by atoms with E-state index in [9.17, 15) is 14.4 Å². The monoisotopic (exact) mass is 438 g/mol. The number of carboxylic acid groups (broad SMARTS) is 1. The topological polar surface area (TPSA) is 146 Å². The zero-order chi connectivity index (χ0) is 22.5. The summed E-state index contributed by atoms with van der Waals surface area (Å²) in [5.74, 6) is -0.587. The number of fused-ring (bicyclic) bond motifs is 1. The van der Waals surface area contributed by atoms with Gasteiger partial charge in [-0.15, -0.1) is 0 Å². The Bertz CT molecular complexity index is 913. The molecule has 0 aliphatic rings. The quantitative estimate of drug-likeness (QED) is 0.293. The number of methoxy groups -OCH3 is 1. The highest BCUT2D eigenvalue weighted by molar-refractivity contribution is 5.97. The molecule has 2 amide bonds. The van der Waals surface area contributed by atoms with Gasteiger partial charge in [0.15, 0.2) is 0 Å². The zero-order valence-corrected chi connectivity index (χ0v) is 17.2. The molecule has 2 rings (SSSR count). The van der Waals surface area contributed by atoms with Crippen LogP contribution in [0.4, 0.5) is 10.5 Å². The second-order valence-corrected chi connectivity index (χ2v) is 6.22. The molecule has 1 aromatic carbocycles. The first-order valence-corrected chi connectivity index (χ1v) is 9.59. The Morgan fingerprint density at radius 1 is 0.968 bits per heavy atom. The lowest BCUT2D eigenvalue weighted by Crippen LogP contribution is -2.31. The first-order valence-electron chi connectivity index (χ1n) is 9.59. The average molecular weight is 438 g/mol. The normalized spacial score (nSPS) is 10.9. The van der Waals surface area contributed by atoms with Gasteiger partial charge in [0.05, 0.1) is 46.2 Å². The van der Waals surface area contributed by atoms with Crippen LogP contribution >= 0.6 is 0 Å². The van der Waals surface area contributed by atoms with Gasteiger partial charge in [0.1, 0.15) is 11.1 Å². The van der Waals surface area contributed by atoms with Gasteiger partial charge in [-0.05, 0) is 18.2 Å². The summed E-state index contributed by atoms with van der Waals surface area (Å²) >= 11 is 0. The van der Waals surface area contributed by atoms with Crippen molar-refractivity contribution in [3.8, 4) is 0 Å². The number of hydrogen-bond acceptors (Lipinski definition) is 8. The van der Waals surface area contributed by atoms with Crippen LogP contribution in [-0.4, -0.2) is 77.0 Å². The highest BCUT2D eigenvalue weighted by Gasteiger charge is 2.14. The van der Waals surface area contributed by atoms with Crippen molar-refractivity contribution < 1.29 is 38.1 Å². The van der Waals surface area contributed by atoms with Crippen molar-refractivity contribution >= 4 is 28.7 Å². The summed E-state index contributed by atoms with van der Waals surface area (Å²) in [5.41, 5.74) is -0.553. The molecule has 0 bridgehead atoms. The second kappa shape index (κ2) is 13.3. The molecular weight excluding hydrogens is 412 g/mol. The van der Waals surface area contributed by atoms with Crippen LogP contribution in [-0.2, 0) is 18.9 Å². The van der Waals surface area contributed by atoms with Gasteiger partial charge >= 0.3 is 11.7 Å². The largest absolute Gasteiger partial charge is 0.465 e. The number of carbonyl (C=O) groups is 2. The number of anilines is 1. The van der Waals surface area contributed by atoms with Crippen LogP contribution in [0.5, 0.6) is 0 Å². The van der Waals surface area contributed by atoms with Crippen molar-refractivity contribution in [2.45, 2.75) is 0 Å². The number of ether oxygens (including phenoxy) is 4. The van der Waals surface area contributed by atoms with Crippen molar-refractivity contribution in [1.29, 1.82) is 0 Å². The molecule has 0 saturated heterocycles. The van der Waals surface area contributed by atoms with E-state index in [4.69, 9.17) is 28.5 Å². The van der Waals surface area contributed by atoms with Crippen molar-refractivity contribution in [3.63, 3.8) is 0 Å². The van der Waals surface area contributed by atoms with Gasteiger partial charge in [0.25, 0.3) is 5.91 Å². The van der Waals surface area contributed by atoms with Crippen LogP contribution in [0.15, 0.2) is 33.5 Å². The third-order valence-corrected chi connectivity index (χ3v) is 3.94. The molecule has 0 fully saturated rings. The van der Waals surface area contributed by atoms with E-state index in [1.54, 1.807) is 13.2 Å². The van der Waals surface area contributed by atoms with Crippen molar-refractivity contribution in [2.24, 2.45) is 0 Å². The maximum absolute atomic E-state index is 12.2. The molecule has 11 nitrogen and oxygen atoms in total. The molecule has 1 heterocycles. The lowest BCUT2D eigenvalue weighted by molar-refractivity contribution is 0.00414. The summed E-state index contributed by atoms with van der Waals surface area (Å²) in [4.78, 5) is 35.0. The second-order valence-electron chi connectivity index (χ2n) is 6.22. The minimum Gasteiger partial charge on any atom is -0.465 e. The van der Waals surface area contributed by atoms with E-state index in [-0.39, 0.29) is 30.0 Å². The van der Waals surface area contributed by atoms with E-state index >= 15 is 0 Å². The number of nitrogens with one attached hydrogen (secondary N) is 2. The molecule has 1 aromatic heterocycles. The maximum Gasteiger partial charge on any atom is 0.409 e. The number of rotatable bonds is 14. The summed E-state index contributed by atoms with van der Waals surface area (Å²) in [7, 11) is 1.61. The van der Waals surface area contributed by atoms with Gasteiger partial charge in [-0.1, -0.05) is 0 Å². The summed E-state index contributed by atoms with van der Waals surface area (Å²) in [6.07, 6.45) is -1.24. The molecule has 3 N–H and O–H groups in total. The number of hydrogen-bond donors (Lipinski definition) is 3. The van der Waals surface area contributed by atoms with E-state index < -0.39 is 17.6 Å². The van der Waals surface area contributed by atoms with Crippen molar-refractivity contribution in [3.05, 3.63) is 40.2 Å². The standard InChI is InChI=1S/C20H26N2O9/c1-27-6-7-29-10-11-30-9-8-28-5-4-21-18(23)16-12-14-2-3-15(22-20(25)26)13-17(14)31-19(16)24/h2-3,12-13,22H,4-11H2,1H3,(H,21,23)(H,25,26). The predicted octanol–water partition coefficient (Wildman–Crippen LogP) is 1.31. The maximum atomic E-state index is 12.2. The van der Waals surface area contributed by atoms with E-state index in [0.717, 1.165) is 0 Å². The van der Waals surface area contributed by atoms with Crippen LogP contribution in [0.2, 0.25) is 0 Å². The minimum absolute atomic E-state index is 0.150. The van der Waals surface area contributed by atoms with Crippen LogP contribution in [0, 0.1) is 0 Å². The molecule has 170 valence electrons. The van der Waals surface area contributed by atoms with Gasteiger partial charge < -0.3 is 33.8 Å². The van der Waals surface area contributed by atoms with Crippen LogP contribution in [0.3, 0.4) is 0 Å². The third kappa shape index (κ3) is 8.72. The Balaban J connectivity index is 1.69. The molecular formula is C20H26N2O9. The Morgan fingerprint density at radius 3 is 2.26 bits per heavy atom. The fraction of sp³-hybridized carbons (Fsp3) is 0.450. The first-order chi connectivity index (χ1) is 15.0. The molecule has 0 atom stereocenters. The number of carbonyl (C=O) groups excluding carboxylic acids is 1. The molecule has 2 aromatic rings. The van der Waals surface area contributed by atoms with E-state index in [1.807, 2.05) is 0 Å². The molecule has 11 heteroatoms. The smallest absolute Gasteiger partial charge is 0.409 e. The zero-order valence-electron chi connectivity index (χ0n) is 17.2. The fourth-order valence-corrected chi connectivity index (χ4v) is 2.49. The summed E-state index contributed by atoms with van der Waals surface area (Å²) in [5, 5.41) is 14.0. The van der Waals surface area contributed by atoms with E-state index in [2.05, 4.69) is 10.6 Å². The highest BCUT2D eigenvalue weighted by Crippen LogP contribution is 2.18. The summed E-state index contributed by atoms with van der Waals surface area (Å²) < 4.78 is 25.9. The van der Waals surface area contributed by atoms with E-state index in [0.29, 0.717) is 45.0 Å². The molecule has 0 aliphatic carbocycles. The molecule has 0 spiro atoms. The Labute approximate surface area is 178 Å². The van der Waals surface area contributed by atoms with Gasteiger partial charge in [0, 0.05) is 30.8 Å². The number of benzene rings is 1. The summed E-state index contributed by atoms with van der Waals surface area (Å²) in [6, 6.07) is 5.81. The van der Waals surface area contributed by atoms with Gasteiger partial charge in [-0.2, -0.15) is 0 Å². The third-order valence-electron chi connectivity index (χ3n) is 3.94. The van der Waals surface area contributed by atoms with Crippen LogP contribution in [0.25, 0.3) is 11.0 Å². The molecule has 0 aliphatic heterocycles. The van der Waals surface area contributed by atoms with Crippen LogP contribution < -0.4 is 16.3 Å². The van der Waals surface area contributed by atoms with Gasteiger partial charge in [0.2, 0.25) is 0 Å². The first kappa shape index (κ1) is 24.3. The van der Waals surface area contributed by atoms with Crippen molar-refractivity contribution in [1.82, 2.24) is 5.32 Å². The molecule has 31 heavy (non-hydrogen) atoms. The van der Waals surface area contributed by atoms with Crippen molar-refractivity contribution in [2.75, 3.05) is 65.2 Å². The lowest BCUT2D eigenvalue weighted by Gasteiger charge is -2.08. The Morgan fingerprint density at radius 2 is 1.61 bits per heavy atom. The van der Waals surface area contributed by atoms with Gasteiger partial charge in [-0.3, -0.25) is 10.1 Å². The average Bonchev–Trinajstić information content (AvgIpc) is 2.73. The lowest BCUT2D eigenvalue weighted by atomic mass is 10.1. The number of amides is 2. The molecule has 0 saturated carbocycles. The van der Waals surface area contributed by atoms with Gasteiger partial charge in [-0.25, -0.2) is 9.59 Å². The predicted molar refractivity (Wildman–Crippen MR) is 111 cm³/mol. The fourth-order valence-electron chi connectivity index (χ4n) is 2.49. The molecule has 0 unspecified atom stereocenters. The highest BCUT2D eigenvalue weighted by atomic mass is 16.6. The summed E-state index contributed by atoms with van der Waals surface area (Å²) in [6.45, 7) is 3.21. The SMILES string of the molecule is COCCOCCOCCOCCNC(=O)c1cc2ccc(NC(=O)O)cc2oc1=O. The minimum atomic E-state index is -1.24. The Kier molecular flexibility index (Phi) is 10.4. The van der Waals surface area contributed by atoms with E-state index in [1.165, 1.54) is 18.2 Å².